The molecule has 0 saturated heterocycles. The number of nitro benzene ring substituents is 1. The highest BCUT2D eigenvalue weighted by Gasteiger charge is 2.18. The highest BCUT2D eigenvalue weighted by Crippen LogP contribution is 2.27. The van der Waals surface area contributed by atoms with Gasteiger partial charge in [0.15, 0.2) is 0 Å². The Morgan fingerprint density at radius 3 is 2.68 bits per heavy atom. The van der Waals surface area contributed by atoms with Gasteiger partial charge in [-0.25, -0.2) is 13.6 Å². The first-order valence-corrected chi connectivity index (χ1v) is 9.04. The Morgan fingerprint density at radius 2 is 2.12 bits per heavy atom. The van der Waals surface area contributed by atoms with E-state index >= 15 is 0 Å². The molecule has 136 valence electrons. The number of hydrogen-bond acceptors (Lipinski definition) is 6. The van der Waals surface area contributed by atoms with Gasteiger partial charge in [0.2, 0.25) is 10.0 Å². The molecule has 3 N–H and O–H groups in total. The van der Waals surface area contributed by atoms with Crippen LogP contribution in [0, 0.1) is 10.1 Å². The van der Waals surface area contributed by atoms with Gasteiger partial charge in [0.1, 0.15) is 5.69 Å². The van der Waals surface area contributed by atoms with E-state index in [9.17, 15) is 18.5 Å². The van der Waals surface area contributed by atoms with E-state index in [1.165, 1.54) is 17.7 Å². The van der Waals surface area contributed by atoms with Crippen molar-refractivity contribution in [2.75, 3.05) is 5.43 Å². The topological polar surface area (TPSA) is 128 Å². The molecule has 0 amide bonds. The predicted octanol–water partition coefficient (Wildman–Crippen LogP) is 3.33. The molecular formula is C16H22N4O4S. The SMILES string of the molecule is C=C(CC=NNc1ccc(S(N)(=O)=O)cc1[N+](=O)[O-])CCC=C(C)C. The molecule has 0 bridgehead atoms. The molecule has 0 unspecified atom stereocenters. The minimum Gasteiger partial charge on any atom is -0.272 e. The van der Waals surface area contributed by atoms with Gasteiger partial charge in [0, 0.05) is 18.7 Å². The van der Waals surface area contributed by atoms with Crippen molar-refractivity contribution in [2.45, 2.75) is 38.0 Å². The fraction of sp³-hybridized carbons (Fsp3) is 0.312. The van der Waals surface area contributed by atoms with E-state index in [4.69, 9.17) is 5.14 Å². The largest absolute Gasteiger partial charge is 0.295 e. The average Bonchev–Trinajstić information content (AvgIpc) is 2.50. The summed E-state index contributed by atoms with van der Waals surface area (Å²) in [7, 11) is -4.01. The summed E-state index contributed by atoms with van der Waals surface area (Å²) >= 11 is 0. The summed E-state index contributed by atoms with van der Waals surface area (Å²) in [5, 5.41) is 20.0. The number of nitro groups is 1. The molecule has 9 heteroatoms. The Labute approximate surface area is 147 Å². The first-order chi connectivity index (χ1) is 11.6. The van der Waals surface area contributed by atoms with E-state index in [0.717, 1.165) is 24.5 Å². The Balaban J connectivity index is 2.72. The molecule has 1 rings (SSSR count). The van der Waals surface area contributed by atoms with Gasteiger partial charge in [-0.2, -0.15) is 5.10 Å². The summed E-state index contributed by atoms with van der Waals surface area (Å²) in [6, 6.07) is 3.32. The number of sulfonamides is 1. The quantitative estimate of drug-likeness (QED) is 0.300. The summed E-state index contributed by atoms with van der Waals surface area (Å²) in [6.07, 6.45) is 5.95. The second-order valence-electron chi connectivity index (χ2n) is 5.68. The maximum absolute atomic E-state index is 11.3. The Morgan fingerprint density at radius 1 is 1.44 bits per heavy atom. The summed E-state index contributed by atoms with van der Waals surface area (Å²) < 4.78 is 22.5. The predicted molar refractivity (Wildman–Crippen MR) is 99.0 cm³/mol. The number of anilines is 1. The monoisotopic (exact) mass is 366 g/mol. The van der Waals surface area contributed by atoms with Gasteiger partial charge in [-0.15, -0.1) is 0 Å². The summed E-state index contributed by atoms with van der Waals surface area (Å²) in [5.74, 6) is 0. The number of rotatable bonds is 9. The third-order valence-corrected chi connectivity index (χ3v) is 4.11. The Kier molecular flexibility index (Phi) is 7.46. The van der Waals surface area contributed by atoms with Crippen molar-refractivity contribution < 1.29 is 13.3 Å². The molecule has 8 nitrogen and oxygen atoms in total. The normalized spacial score (nSPS) is 11.3. The van der Waals surface area contributed by atoms with E-state index in [0.29, 0.717) is 6.42 Å². The van der Waals surface area contributed by atoms with E-state index in [1.807, 2.05) is 13.8 Å². The lowest BCUT2D eigenvalue weighted by molar-refractivity contribution is -0.384. The van der Waals surface area contributed by atoms with Crippen LogP contribution in [-0.2, 0) is 10.0 Å². The van der Waals surface area contributed by atoms with Crippen LogP contribution < -0.4 is 10.6 Å². The molecule has 0 atom stereocenters. The second-order valence-corrected chi connectivity index (χ2v) is 7.24. The molecule has 1 aromatic rings. The van der Waals surface area contributed by atoms with Crippen LogP contribution in [0.25, 0.3) is 0 Å². The van der Waals surface area contributed by atoms with E-state index in [-0.39, 0.29) is 10.6 Å². The summed E-state index contributed by atoms with van der Waals surface area (Å²) in [5.41, 5.74) is 4.43. The number of hydrazone groups is 1. The van der Waals surface area contributed by atoms with Gasteiger partial charge in [-0.1, -0.05) is 23.8 Å². The molecule has 0 fully saturated rings. The zero-order valence-electron chi connectivity index (χ0n) is 14.2. The minimum atomic E-state index is -4.01. The van der Waals surface area contributed by atoms with E-state index < -0.39 is 20.6 Å². The summed E-state index contributed by atoms with van der Waals surface area (Å²) in [6.45, 7) is 8.00. The lowest BCUT2D eigenvalue weighted by atomic mass is 10.1. The Hall–Kier alpha value is -2.52. The van der Waals surface area contributed by atoms with Crippen molar-refractivity contribution in [1.29, 1.82) is 0 Å². The van der Waals surface area contributed by atoms with Gasteiger partial charge in [0.25, 0.3) is 5.69 Å². The number of nitrogens with two attached hydrogens (primary N) is 1. The van der Waals surface area contributed by atoms with Crippen LogP contribution in [0.4, 0.5) is 11.4 Å². The maximum atomic E-state index is 11.3. The standard InChI is InChI=1S/C16H22N4O4S/c1-12(2)5-4-6-13(3)9-10-18-19-15-8-7-14(25(17,23)24)11-16(15)20(21)22/h5,7-8,10-11,19H,3-4,6,9H2,1-2H3,(H2,17,23,24). The average molecular weight is 366 g/mol. The van der Waals surface area contributed by atoms with Crippen LogP contribution in [0.2, 0.25) is 0 Å². The van der Waals surface area contributed by atoms with Gasteiger partial charge in [-0.05, 0) is 38.8 Å². The molecule has 0 aromatic heterocycles. The molecular weight excluding hydrogens is 344 g/mol. The van der Waals surface area contributed by atoms with Crippen LogP contribution >= 0.6 is 0 Å². The fourth-order valence-corrected chi connectivity index (χ4v) is 2.42. The summed E-state index contributed by atoms with van der Waals surface area (Å²) in [4.78, 5) is 10.0. The lowest BCUT2D eigenvalue weighted by Crippen LogP contribution is -2.12. The minimum absolute atomic E-state index is 0.0730. The lowest BCUT2D eigenvalue weighted by Gasteiger charge is -2.04. The molecule has 0 aliphatic rings. The zero-order chi connectivity index (χ0) is 19.0. The molecule has 0 spiro atoms. The molecule has 0 aliphatic heterocycles. The van der Waals surface area contributed by atoms with Crippen LogP contribution in [0.3, 0.4) is 0 Å². The molecule has 0 heterocycles. The number of nitrogens with one attached hydrogen (secondary N) is 1. The number of benzene rings is 1. The van der Waals surface area contributed by atoms with Crippen molar-refractivity contribution in [3.8, 4) is 0 Å². The van der Waals surface area contributed by atoms with Gasteiger partial charge >= 0.3 is 0 Å². The van der Waals surface area contributed by atoms with Crippen LogP contribution in [-0.4, -0.2) is 19.6 Å². The number of allylic oxidation sites excluding steroid dienone is 3. The highest BCUT2D eigenvalue weighted by atomic mass is 32.2. The number of primary sulfonamides is 1. The first-order valence-electron chi connectivity index (χ1n) is 7.50. The maximum Gasteiger partial charge on any atom is 0.295 e. The first kappa shape index (κ1) is 20.5. The second kappa shape index (κ2) is 9.09. The molecule has 25 heavy (non-hydrogen) atoms. The molecule has 1 aromatic carbocycles. The highest BCUT2D eigenvalue weighted by molar-refractivity contribution is 7.89. The van der Waals surface area contributed by atoms with Crippen molar-refractivity contribution in [3.05, 3.63) is 52.1 Å². The Bertz CT molecular complexity index is 809. The van der Waals surface area contributed by atoms with E-state index in [2.05, 4.69) is 23.2 Å². The third kappa shape index (κ3) is 7.27. The van der Waals surface area contributed by atoms with E-state index in [1.54, 1.807) is 6.21 Å². The van der Waals surface area contributed by atoms with Crippen LogP contribution in [0.5, 0.6) is 0 Å². The number of nitrogens with zero attached hydrogens (tertiary/aromatic N) is 2. The van der Waals surface area contributed by atoms with Gasteiger partial charge in [0.05, 0.1) is 9.82 Å². The molecule has 0 radical (unpaired) electrons. The third-order valence-electron chi connectivity index (χ3n) is 3.20. The molecule has 0 aliphatic carbocycles. The van der Waals surface area contributed by atoms with Crippen molar-refractivity contribution >= 4 is 27.6 Å². The fourth-order valence-electron chi connectivity index (χ4n) is 1.89. The smallest absolute Gasteiger partial charge is 0.272 e. The van der Waals surface area contributed by atoms with Crippen molar-refractivity contribution in [3.63, 3.8) is 0 Å². The van der Waals surface area contributed by atoms with Crippen molar-refractivity contribution in [1.82, 2.24) is 0 Å². The van der Waals surface area contributed by atoms with Crippen molar-refractivity contribution in [2.24, 2.45) is 10.2 Å². The number of hydrogen-bond donors (Lipinski definition) is 2. The van der Waals surface area contributed by atoms with Gasteiger partial charge < -0.3 is 0 Å². The van der Waals surface area contributed by atoms with Crippen LogP contribution in [0.1, 0.15) is 33.1 Å². The molecule has 0 saturated carbocycles. The van der Waals surface area contributed by atoms with Gasteiger partial charge in [-0.3, -0.25) is 15.5 Å². The van der Waals surface area contributed by atoms with Crippen LogP contribution in [0.15, 0.2) is 52.0 Å². The zero-order valence-corrected chi connectivity index (χ0v) is 15.0.